The molecule has 0 saturated carbocycles. The summed E-state index contributed by atoms with van der Waals surface area (Å²) in [5, 5.41) is 10.2. The molecule has 0 amide bonds. The second-order valence-electron chi connectivity index (χ2n) is 1.56. The summed E-state index contributed by atoms with van der Waals surface area (Å²) in [6, 6.07) is 1.52. The van der Waals surface area contributed by atoms with E-state index in [4.69, 9.17) is 0 Å². The van der Waals surface area contributed by atoms with Crippen molar-refractivity contribution in [3.63, 3.8) is 0 Å². The highest BCUT2D eigenvalue weighted by Gasteiger charge is 1.97. The van der Waals surface area contributed by atoms with E-state index in [1.807, 2.05) is 0 Å². The molecule has 1 aromatic heterocycles. The number of nitrogens with zero attached hydrogens (tertiary/aromatic N) is 3. The first-order valence-corrected chi connectivity index (χ1v) is 2.46. The van der Waals surface area contributed by atoms with Gasteiger partial charge in [0.25, 0.3) is 0 Å². The summed E-state index contributed by atoms with van der Waals surface area (Å²) in [5.41, 5.74) is 0.352. The fraction of sp³-hybridized carbons (Fsp3) is 0.200. The number of rotatable bonds is 1. The average Bonchev–Trinajstić information content (AvgIpc) is 1.90. The fourth-order valence-corrected chi connectivity index (χ4v) is 0.429. The third-order valence-electron chi connectivity index (χ3n) is 0.864. The van der Waals surface area contributed by atoms with Gasteiger partial charge in [0.1, 0.15) is 5.69 Å². The van der Waals surface area contributed by atoms with Gasteiger partial charge in [0.15, 0.2) is 5.78 Å². The zero-order chi connectivity index (χ0) is 6.69. The molecule has 0 atom stereocenters. The van der Waals surface area contributed by atoms with Crippen molar-refractivity contribution in [2.45, 2.75) is 6.92 Å². The minimum absolute atomic E-state index is 0.0927. The molecule has 1 rings (SSSR count). The van der Waals surface area contributed by atoms with Crippen molar-refractivity contribution >= 4 is 5.78 Å². The highest BCUT2D eigenvalue weighted by Crippen LogP contribution is 1.88. The molecule has 0 unspecified atom stereocenters. The number of aromatic nitrogens is 3. The number of carbonyl (C=O) groups excluding carboxylic acids is 1. The number of hydrogen-bond acceptors (Lipinski definition) is 4. The third-order valence-corrected chi connectivity index (χ3v) is 0.864. The summed E-state index contributed by atoms with van der Waals surface area (Å²) in [4.78, 5) is 10.5. The lowest BCUT2D eigenvalue weighted by Crippen LogP contribution is -1.98. The van der Waals surface area contributed by atoms with Gasteiger partial charge in [-0.3, -0.25) is 4.79 Å². The van der Waals surface area contributed by atoms with Gasteiger partial charge < -0.3 is 0 Å². The highest BCUT2D eigenvalue weighted by atomic mass is 16.1. The van der Waals surface area contributed by atoms with Gasteiger partial charge in [0.2, 0.25) is 0 Å². The van der Waals surface area contributed by atoms with E-state index in [-0.39, 0.29) is 5.78 Å². The molecular weight excluding hydrogens is 118 g/mol. The van der Waals surface area contributed by atoms with Crippen molar-refractivity contribution in [1.29, 1.82) is 0 Å². The molecule has 0 bridgehead atoms. The van der Waals surface area contributed by atoms with Crippen molar-refractivity contribution in [2.75, 3.05) is 0 Å². The van der Waals surface area contributed by atoms with E-state index in [1.54, 1.807) is 0 Å². The Labute approximate surface area is 51.9 Å². The summed E-state index contributed by atoms with van der Waals surface area (Å²) in [6.45, 7) is 1.43. The van der Waals surface area contributed by atoms with Crippen LogP contribution in [-0.4, -0.2) is 21.2 Å². The second-order valence-corrected chi connectivity index (χ2v) is 1.56. The zero-order valence-corrected chi connectivity index (χ0v) is 4.90. The number of ketones is 1. The first-order chi connectivity index (χ1) is 4.30. The van der Waals surface area contributed by atoms with Crippen molar-refractivity contribution < 1.29 is 4.79 Å². The topological polar surface area (TPSA) is 55.7 Å². The van der Waals surface area contributed by atoms with Gasteiger partial charge in [0.05, 0.1) is 6.20 Å². The van der Waals surface area contributed by atoms with E-state index in [9.17, 15) is 4.79 Å². The first kappa shape index (κ1) is 5.81. The maximum atomic E-state index is 10.5. The molecule has 0 N–H and O–H groups in total. The lowest BCUT2D eigenvalue weighted by molar-refractivity contribution is 0.101. The smallest absolute Gasteiger partial charge is 0.180 e. The predicted molar refractivity (Wildman–Crippen MR) is 29.8 cm³/mol. The van der Waals surface area contributed by atoms with Gasteiger partial charge in [-0.15, -0.1) is 10.2 Å². The van der Waals surface area contributed by atoms with Crippen LogP contribution in [0.25, 0.3) is 0 Å². The van der Waals surface area contributed by atoms with Crippen LogP contribution in [0.2, 0.25) is 0 Å². The molecule has 4 nitrogen and oxygen atoms in total. The monoisotopic (exact) mass is 123 g/mol. The molecule has 4 heteroatoms. The number of carbonyl (C=O) groups is 1. The maximum absolute atomic E-state index is 10.5. The molecule has 0 aliphatic carbocycles. The Hall–Kier alpha value is -1.32. The molecule has 0 radical (unpaired) electrons. The van der Waals surface area contributed by atoms with Gasteiger partial charge in [-0.25, -0.2) is 0 Å². The van der Waals surface area contributed by atoms with E-state index >= 15 is 0 Å². The van der Waals surface area contributed by atoms with Crippen molar-refractivity contribution in [1.82, 2.24) is 15.4 Å². The summed E-state index contributed by atoms with van der Waals surface area (Å²) < 4.78 is 0. The number of hydrogen-bond donors (Lipinski definition) is 0. The predicted octanol–water partition coefficient (Wildman–Crippen LogP) is 0.0742. The Bertz CT molecular complexity index is 209. The Kier molecular flexibility index (Phi) is 1.48. The van der Waals surface area contributed by atoms with Gasteiger partial charge in [0, 0.05) is 6.92 Å². The van der Waals surface area contributed by atoms with Crippen LogP contribution in [0.5, 0.6) is 0 Å². The van der Waals surface area contributed by atoms with Crippen LogP contribution in [0.3, 0.4) is 0 Å². The normalized spacial score (nSPS) is 9.00. The van der Waals surface area contributed by atoms with Gasteiger partial charge in [-0.2, -0.15) is 0 Å². The molecule has 0 spiro atoms. The largest absolute Gasteiger partial charge is 0.293 e. The Morgan fingerprint density at radius 2 is 2.44 bits per heavy atom. The van der Waals surface area contributed by atoms with Crippen LogP contribution in [0.15, 0.2) is 12.3 Å². The van der Waals surface area contributed by atoms with Crippen molar-refractivity contribution in [2.24, 2.45) is 0 Å². The third kappa shape index (κ3) is 1.28. The lowest BCUT2D eigenvalue weighted by atomic mass is 10.3. The summed E-state index contributed by atoms with van der Waals surface area (Å²) in [6.07, 6.45) is 1.43. The SMILES string of the molecule is CC(=O)c1ccnnn1. The molecule has 0 aromatic carbocycles. The van der Waals surface area contributed by atoms with E-state index in [0.717, 1.165) is 0 Å². The van der Waals surface area contributed by atoms with Gasteiger partial charge in [-0.1, -0.05) is 0 Å². The molecule has 0 aliphatic rings. The highest BCUT2D eigenvalue weighted by molar-refractivity contribution is 5.91. The van der Waals surface area contributed by atoms with E-state index in [2.05, 4.69) is 15.4 Å². The summed E-state index contributed by atoms with van der Waals surface area (Å²) in [5.74, 6) is -0.0927. The minimum atomic E-state index is -0.0927. The standard InChI is InChI=1S/C5H5N3O/c1-4(9)5-2-3-6-8-7-5/h2-3H,1H3. The average molecular weight is 123 g/mol. The van der Waals surface area contributed by atoms with Crippen molar-refractivity contribution in [3.05, 3.63) is 18.0 Å². The molecule has 0 fully saturated rings. The van der Waals surface area contributed by atoms with E-state index in [0.29, 0.717) is 5.69 Å². The molecular formula is C5H5N3O. The van der Waals surface area contributed by atoms with E-state index < -0.39 is 0 Å². The molecule has 9 heavy (non-hydrogen) atoms. The van der Waals surface area contributed by atoms with Crippen LogP contribution >= 0.6 is 0 Å². The van der Waals surface area contributed by atoms with Crippen LogP contribution in [-0.2, 0) is 0 Å². The zero-order valence-electron chi connectivity index (χ0n) is 4.90. The Morgan fingerprint density at radius 3 is 2.78 bits per heavy atom. The maximum Gasteiger partial charge on any atom is 0.180 e. The van der Waals surface area contributed by atoms with Gasteiger partial charge >= 0.3 is 0 Å². The Morgan fingerprint density at radius 1 is 1.67 bits per heavy atom. The summed E-state index contributed by atoms with van der Waals surface area (Å²) >= 11 is 0. The molecule has 1 aromatic rings. The number of Topliss-reactive ketones (excluding diaryl/α,β-unsaturated/α-hetero) is 1. The van der Waals surface area contributed by atoms with Crippen molar-refractivity contribution in [3.8, 4) is 0 Å². The van der Waals surface area contributed by atoms with Crippen LogP contribution in [0.1, 0.15) is 17.4 Å². The second kappa shape index (κ2) is 2.30. The van der Waals surface area contributed by atoms with Crippen LogP contribution in [0, 0.1) is 0 Å². The first-order valence-electron chi connectivity index (χ1n) is 2.46. The Balaban J connectivity index is 2.98. The van der Waals surface area contributed by atoms with Crippen LogP contribution < -0.4 is 0 Å². The molecule has 1 heterocycles. The fourth-order valence-electron chi connectivity index (χ4n) is 0.429. The molecule has 0 aliphatic heterocycles. The minimum Gasteiger partial charge on any atom is -0.293 e. The van der Waals surface area contributed by atoms with E-state index in [1.165, 1.54) is 19.2 Å². The van der Waals surface area contributed by atoms with Gasteiger partial charge in [-0.05, 0) is 11.3 Å². The lowest BCUT2D eigenvalue weighted by Gasteiger charge is -1.86. The molecule has 46 valence electrons. The molecule has 0 saturated heterocycles. The van der Waals surface area contributed by atoms with Crippen LogP contribution in [0.4, 0.5) is 0 Å². The quantitative estimate of drug-likeness (QED) is 0.496. The summed E-state index contributed by atoms with van der Waals surface area (Å²) in [7, 11) is 0.